The fourth-order valence-corrected chi connectivity index (χ4v) is 3.67. The highest BCUT2D eigenvalue weighted by molar-refractivity contribution is 5.80. The fraction of sp³-hybridized carbons (Fsp3) is 0.923. The van der Waals surface area contributed by atoms with Crippen molar-refractivity contribution in [3.8, 4) is 0 Å². The van der Waals surface area contributed by atoms with Crippen LogP contribution in [0.5, 0.6) is 0 Å². The van der Waals surface area contributed by atoms with Crippen LogP contribution >= 0.6 is 0 Å². The van der Waals surface area contributed by atoms with E-state index in [-0.39, 0.29) is 0 Å². The van der Waals surface area contributed by atoms with E-state index in [1.165, 1.54) is 38.6 Å². The van der Waals surface area contributed by atoms with E-state index in [2.05, 4.69) is 17.0 Å². The molecule has 0 spiro atoms. The normalized spacial score (nSPS) is 32.4. The average Bonchev–Trinajstić information content (AvgIpc) is 2.79. The molecule has 0 aromatic rings. The molecule has 4 heteroatoms. The lowest BCUT2D eigenvalue weighted by Gasteiger charge is -2.36. The van der Waals surface area contributed by atoms with E-state index in [9.17, 15) is 0 Å². The maximum Gasteiger partial charge on any atom is 0.140 e. The number of likely N-dealkylation sites (tertiary alicyclic amines) is 1. The molecule has 1 saturated heterocycles. The van der Waals surface area contributed by atoms with Crippen molar-refractivity contribution in [1.82, 2.24) is 4.90 Å². The van der Waals surface area contributed by atoms with Gasteiger partial charge in [-0.1, -0.05) is 24.9 Å². The van der Waals surface area contributed by atoms with E-state index in [0.717, 1.165) is 18.4 Å². The molecule has 98 valence electrons. The van der Waals surface area contributed by atoms with E-state index >= 15 is 0 Å². The number of oxime groups is 1. The van der Waals surface area contributed by atoms with E-state index < -0.39 is 0 Å². The quantitative estimate of drug-likeness (QED) is 0.342. The van der Waals surface area contributed by atoms with Crippen LogP contribution in [0.25, 0.3) is 0 Å². The molecule has 3 unspecified atom stereocenters. The SMILES string of the molecule is CCC(CC(N)=NO)N1CCC2CCCCC21. The Balaban J connectivity index is 1.99. The van der Waals surface area contributed by atoms with Crippen molar-refractivity contribution in [2.24, 2.45) is 16.8 Å². The first-order valence-electron chi connectivity index (χ1n) is 6.98. The Morgan fingerprint density at radius 1 is 1.41 bits per heavy atom. The Hall–Kier alpha value is -0.770. The predicted molar refractivity (Wildman–Crippen MR) is 69.2 cm³/mol. The Morgan fingerprint density at radius 3 is 2.88 bits per heavy atom. The van der Waals surface area contributed by atoms with E-state index in [0.29, 0.717) is 18.3 Å². The topological polar surface area (TPSA) is 61.9 Å². The van der Waals surface area contributed by atoms with Gasteiger partial charge in [0.25, 0.3) is 0 Å². The number of hydrogen-bond acceptors (Lipinski definition) is 3. The maximum absolute atomic E-state index is 8.70. The summed E-state index contributed by atoms with van der Waals surface area (Å²) in [6, 6.07) is 1.22. The highest BCUT2D eigenvalue weighted by atomic mass is 16.4. The van der Waals surface area contributed by atoms with Crippen LogP contribution in [0.2, 0.25) is 0 Å². The first kappa shape index (κ1) is 12.7. The molecule has 3 N–H and O–H groups in total. The molecule has 0 bridgehead atoms. The minimum absolute atomic E-state index is 0.371. The van der Waals surface area contributed by atoms with Crippen LogP contribution in [0.1, 0.15) is 51.9 Å². The number of nitrogens with two attached hydrogens (primary N) is 1. The van der Waals surface area contributed by atoms with Crippen molar-refractivity contribution < 1.29 is 5.21 Å². The van der Waals surface area contributed by atoms with Crippen molar-refractivity contribution >= 4 is 5.84 Å². The highest BCUT2D eigenvalue weighted by Crippen LogP contribution is 2.38. The number of amidine groups is 1. The van der Waals surface area contributed by atoms with E-state index in [1.54, 1.807) is 0 Å². The fourth-order valence-electron chi connectivity index (χ4n) is 3.67. The molecular weight excluding hydrogens is 214 g/mol. The van der Waals surface area contributed by atoms with Crippen molar-refractivity contribution in [2.45, 2.75) is 64.0 Å². The first-order chi connectivity index (χ1) is 8.26. The van der Waals surface area contributed by atoms with Crippen molar-refractivity contribution in [1.29, 1.82) is 0 Å². The lowest BCUT2D eigenvalue weighted by molar-refractivity contribution is 0.131. The van der Waals surface area contributed by atoms with E-state index in [4.69, 9.17) is 10.9 Å². The van der Waals surface area contributed by atoms with Gasteiger partial charge in [0.1, 0.15) is 5.84 Å². The zero-order valence-corrected chi connectivity index (χ0v) is 10.8. The Kier molecular flexibility index (Phi) is 4.26. The molecule has 4 nitrogen and oxygen atoms in total. The third kappa shape index (κ3) is 2.73. The number of fused-ring (bicyclic) bond motifs is 1. The summed E-state index contributed by atoms with van der Waals surface area (Å²) in [6.45, 7) is 3.40. The molecule has 0 aromatic heterocycles. The van der Waals surface area contributed by atoms with Crippen molar-refractivity contribution in [3.05, 3.63) is 0 Å². The van der Waals surface area contributed by atoms with Gasteiger partial charge in [0, 0.05) is 18.5 Å². The van der Waals surface area contributed by atoms with Gasteiger partial charge >= 0.3 is 0 Å². The minimum Gasteiger partial charge on any atom is -0.409 e. The second-order valence-corrected chi connectivity index (χ2v) is 5.50. The van der Waals surface area contributed by atoms with Crippen LogP contribution in [0, 0.1) is 5.92 Å². The molecule has 1 saturated carbocycles. The molecule has 2 rings (SSSR count). The van der Waals surface area contributed by atoms with Crippen LogP contribution in [-0.4, -0.2) is 34.6 Å². The molecule has 1 heterocycles. The third-order valence-electron chi connectivity index (χ3n) is 4.57. The van der Waals surface area contributed by atoms with Crippen LogP contribution < -0.4 is 5.73 Å². The first-order valence-corrected chi connectivity index (χ1v) is 6.98. The zero-order valence-electron chi connectivity index (χ0n) is 10.8. The highest BCUT2D eigenvalue weighted by Gasteiger charge is 2.38. The molecular formula is C13H25N3O. The molecule has 2 aliphatic rings. The standard InChI is InChI=1S/C13H25N3O/c1-2-11(9-13(14)15-17)16-8-7-10-5-3-4-6-12(10)16/h10-12,17H,2-9H2,1H3,(H2,14,15). The van der Waals surface area contributed by atoms with Crippen molar-refractivity contribution in [2.75, 3.05) is 6.54 Å². The number of rotatable bonds is 4. The van der Waals surface area contributed by atoms with Gasteiger partial charge in [-0.15, -0.1) is 0 Å². The molecule has 1 aliphatic carbocycles. The molecule has 3 atom stereocenters. The lowest BCUT2D eigenvalue weighted by Crippen LogP contribution is -2.43. The Bertz CT molecular complexity index is 280. The maximum atomic E-state index is 8.70. The van der Waals surface area contributed by atoms with Gasteiger partial charge in [-0.05, 0) is 38.1 Å². The van der Waals surface area contributed by atoms with Crippen LogP contribution in [0.4, 0.5) is 0 Å². The summed E-state index contributed by atoms with van der Waals surface area (Å²) in [5.41, 5.74) is 5.66. The lowest BCUT2D eigenvalue weighted by atomic mass is 9.85. The summed E-state index contributed by atoms with van der Waals surface area (Å²) in [6.07, 6.45) is 8.66. The summed E-state index contributed by atoms with van der Waals surface area (Å²) >= 11 is 0. The van der Waals surface area contributed by atoms with Crippen LogP contribution in [0.15, 0.2) is 5.16 Å². The summed E-state index contributed by atoms with van der Waals surface area (Å²) < 4.78 is 0. The van der Waals surface area contributed by atoms with E-state index in [1.807, 2.05) is 0 Å². The monoisotopic (exact) mass is 239 g/mol. The zero-order chi connectivity index (χ0) is 12.3. The molecule has 0 amide bonds. The summed E-state index contributed by atoms with van der Waals surface area (Å²) in [5, 5.41) is 11.8. The van der Waals surface area contributed by atoms with Crippen molar-refractivity contribution in [3.63, 3.8) is 0 Å². The third-order valence-corrected chi connectivity index (χ3v) is 4.57. The smallest absolute Gasteiger partial charge is 0.140 e. The van der Waals surface area contributed by atoms with Gasteiger partial charge in [-0.25, -0.2) is 0 Å². The average molecular weight is 239 g/mol. The van der Waals surface area contributed by atoms with Gasteiger partial charge < -0.3 is 10.9 Å². The predicted octanol–water partition coefficient (Wildman–Crippen LogP) is 2.17. The van der Waals surface area contributed by atoms with Gasteiger partial charge in [0.05, 0.1) is 0 Å². The van der Waals surface area contributed by atoms with Gasteiger partial charge in [0.2, 0.25) is 0 Å². The summed E-state index contributed by atoms with van der Waals surface area (Å²) in [4.78, 5) is 2.63. The molecule has 1 aliphatic heterocycles. The molecule has 0 aromatic carbocycles. The van der Waals surface area contributed by atoms with Gasteiger partial charge in [-0.3, -0.25) is 4.90 Å². The molecule has 2 fully saturated rings. The Labute approximate surface area is 104 Å². The minimum atomic E-state index is 0.371. The van der Waals surface area contributed by atoms with Crippen LogP contribution in [-0.2, 0) is 0 Å². The second-order valence-electron chi connectivity index (χ2n) is 5.50. The van der Waals surface area contributed by atoms with Crippen LogP contribution in [0.3, 0.4) is 0 Å². The molecule has 17 heavy (non-hydrogen) atoms. The number of nitrogens with zero attached hydrogens (tertiary/aromatic N) is 2. The second kappa shape index (κ2) is 5.71. The molecule has 0 radical (unpaired) electrons. The van der Waals surface area contributed by atoms with Gasteiger partial charge in [0.15, 0.2) is 0 Å². The number of hydrogen-bond donors (Lipinski definition) is 2. The largest absolute Gasteiger partial charge is 0.409 e. The summed E-state index contributed by atoms with van der Waals surface area (Å²) in [5.74, 6) is 1.28. The van der Waals surface area contributed by atoms with Gasteiger partial charge in [-0.2, -0.15) is 0 Å². The Morgan fingerprint density at radius 2 is 2.18 bits per heavy atom. The summed E-state index contributed by atoms with van der Waals surface area (Å²) in [7, 11) is 0.